The molecule has 0 aliphatic carbocycles. The van der Waals surface area contributed by atoms with Crippen molar-refractivity contribution in [1.29, 1.82) is 5.26 Å². The molecule has 1 heterocycles. The third kappa shape index (κ3) is 3.00. The molecule has 2 unspecified atom stereocenters. The van der Waals surface area contributed by atoms with Crippen LogP contribution in [0.15, 0.2) is 0 Å². The molecular formula is C11H20N2. The first-order valence-corrected chi connectivity index (χ1v) is 5.39. The van der Waals surface area contributed by atoms with Crippen molar-refractivity contribution >= 4 is 0 Å². The fourth-order valence-electron chi connectivity index (χ4n) is 2.05. The fourth-order valence-corrected chi connectivity index (χ4v) is 2.05. The zero-order chi connectivity index (χ0) is 9.68. The van der Waals surface area contributed by atoms with Gasteiger partial charge in [-0.1, -0.05) is 6.92 Å². The highest BCUT2D eigenvalue weighted by Gasteiger charge is 2.22. The Labute approximate surface area is 81.5 Å². The SMILES string of the molecule is CCC(C)N1CCCC(CC#N)C1. The molecule has 0 radical (unpaired) electrons. The maximum absolute atomic E-state index is 8.63. The van der Waals surface area contributed by atoms with Gasteiger partial charge in [0.15, 0.2) is 0 Å². The number of piperidine rings is 1. The molecule has 0 aromatic heterocycles. The van der Waals surface area contributed by atoms with Crippen LogP contribution in [0.25, 0.3) is 0 Å². The highest BCUT2D eigenvalue weighted by molar-refractivity contribution is 4.82. The van der Waals surface area contributed by atoms with Crippen molar-refractivity contribution < 1.29 is 0 Å². The molecule has 2 atom stereocenters. The fraction of sp³-hybridized carbons (Fsp3) is 0.909. The summed E-state index contributed by atoms with van der Waals surface area (Å²) in [5.41, 5.74) is 0. The minimum Gasteiger partial charge on any atom is -0.300 e. The maximum atomic E-state index is 8.63. The summed E-state index contributed by atoms with van der Waals surface area (Å²) in [5, 5.41) is 8.63. The molecule has 1 aliphatic rings. The summed E-state index contributed by atoms with van der Waals surface area (Å²) in [6, 6.07) is 2.98. The first kappa shape index (κ1) is 10.5. The van der Waals surface area contributed by atoms with Crippen molar-refractivity contribution in [3.63, 3.8) is 0 Å². The highest BCUT2D eigenvalue weighted by Crippen LogP contribution is 2.21. The van der Waals surface area contributed by atoms with Crippen molar-refractivity contribution in [2.24, 2.45) is 5.92 Å². The number of likely N-dealkylation sites (tertiary alicyclic amines) is 1. The molecule has 1 fully saturated rings. The molecule has 1 aliphatic heterocycles. The van der Waals surface area contributed by atoms with Crippen molar-refractivity contribution in [3.05, 3.63) is 0 Å². The van der Waals surface area contributed by atoms with E-state index in [4.69, 9.17) is 5.26 Å². The van der Waals surface area contributed by atoms with E-state index < -0.39 is 0 Å². The van der Waals surface area contributed by atoms with Gasteiger partial charge in [0.25, 0.3) is 0 Å². The molecule has 0 bridgehead atoms. The van der Waals surface area contributed by atoms with E-state index in [1.807, 2.05) is 0 Å². The Hall–Kier alpha value is -0.550. The average molecular weight is 180 g/mol. The average Bonchev–Trinajstić information content (AvgIpc) is 2.18. The van der Waals surface area contributed by atoms with Gasteiger partial charge >= 0.3 is 0 Å². The van der Waals surface area contributed by atoms with E-state index in [1.54, 1.807) is 0 Å². The summed E-state index contributed by atoms with van der Waals surface area (Å²) in [6.07, 6.45) is 4.49. The monoisotopic (exact) mass is 180 g/mol. The van der Waals surface area contributed by atoms with Gasteiger partial charge in [0.05, 0.1) is 6.07 Å². The number of hydrogen-bond donors (Lipinski definition) is 0. The molecule has 0 amide bonds. The lowest BCUT2D eigenvalue weighted by Crippen LogP contribution is -2.40. The lowest BCUT2D eigenvalue weighted by Gasteiger charge is -2.35. The van der Waals surface area contributed by atoms with Crippen molar-refractivity contribution in [2.45, 2.75) is 45.6 Å². The van der Waals surface area contributed by atoms with E-state index in [9.17, 15) is 0 Å². The van der Waals surface area contributed by atoms with Gasteiger partial charge in [0, 0.05) is 19.0 Å². The van der Waals surface area contributed by atoms with Crippen LogP contribution in [0.2, 0.25) is 0 Å². The topological polar surface area (TPSA) is 27.0 Å². The van der Waals surface area contributed by atoms with E-state index >= 15 is 0 Å². The van der Waals surface area contributed by atoms with Gasteiger partial charge in [0.2, 0.25) is 0 Å². The third-order valence-corrected chi connectivity index (χ3v) is 3.14. The van der Waals surface area contributed by atoms with Crippen molar-refractivity contribution in [2.75, 3.05) is 13.1 Å². The van der Waals surface area contributed by atoms with E-state index in [0.717, 1.165) is 13.0 Å². The normalized spacial score (nSPS) is 26.7. The van der Waals surface area contributed by atoms with E-state index in [2.05, 4.69) is 24.8 Å². The van der Waals surface area contributed by atoms with Crippen LogP contribution in [0.3, 0.4) is 0 Å². The first-order chi connectivity index (χ1) is 6.27. The van der Waals surface area contributed by atoms with Crippen LogP contribution in [0.4, 0.5) is 0 Å². The predicted molar refractivity (Wildman–Crippen MR) is 54.3 cm³/mol. The zero-order valence-electron chi connectivity index (χ0n) is 8.79. The Morgan fingerprint density at radius 2 is 2.38 bits per heavy atom. The third-order valence-electron chi connectivity index (χ3n) is 3.14. The highest BCUT2D eigenvalue weighted by atomic mass is 15.2. The summed E-state index contributed by atoms with van der Waals surface area (Å²) in [6.45, 7) is 6.90. The smallest absolute Gasteiger partial charge is 0.0625 e. The van der Waals surface area contributed by atoms with Crippen LogP contribution in [0, 0.1) is 17.2 Å². The van der Waals surface area contributed by atoms with Gasteiger partial charge < -0.3 is 4.90 Å². The van der Waals surface area contributed by atoms with Crippen molar-refractivity contribution in [3.8, 4) is 6.07 Å². The lowest BCUT2D eigenvalue weighted by atomic mass is 9.94. The lowest BCUT2D eigenvalue weighted by molar-refractivity contribution is 0.130. The van der Waals surface area contributed by atoms with Gasteiger partial charge in [0.1, 0.15) is 0 Å². The van der Waals surface area contributed by atoms with Crippen LogP contribution in [0.1, 0.15) is 39.5 Å². The summed E-state index contributed by atoms with van der Waals surface area (Å²) in [4.78, 5) is 2.53. The van der Waals surface area contributed by atoms with Crippen LogP contribution in [-0.4, -0.2) is 24.0 Å². The number of rotatable bonds is 3. The molecule has 2 heteroatoms. The quantitative estimate of drug-likeness (QED) is 0.667. The van der Waals surface area contributed by atoms with Gasteiger partial charge in [-0.15, -0.1) is 0 Å². The first-order valence-electron chi connectivity index (χ1n) is 5.39. The molecular weight excluding hydrogens is 160 g/mol. The van der Waals surface area contributed by atoms with Gasteiger partial charge in [-0.05, 0) is 38.6 Å². The Morgan fingerprint density at radius 3 is 3.00 bits per heavy atom. The number of nitriles is 1. The molecule has 0 N–H and O–H groups in total. The molecule has 13 heavy (non-hydrogen) atoms. The Balaban J connectivity index is 2.37. The molecule has 0 aromatic rings. The summed E-state index contributed by atoms with van der Waals surface area (Å²) in [5.74, 6) is 0.632. The van der Waals surface area contributed by atoms with E-state index in [0.29, 0.717) is 12.0 Å². The standard InChI is InChI=1S/C11H20N2/c1-3-10(2)13-8-4-5-11(9-13)6-7-12/h10-11H,3-6,8-9H2,1-2H3. The Bertz CT molecular complexity index is 183. The van der Waals surface area contributed by atoms with E-state index in [1.165, 1.54) is 25.8 Å². The minimum absolute atomic E-state index is 0.632. The minimum atomic E-state index is 0.632. The molecule has 1 saturated heterocycles. The Morgan fingerprint density at radius 1 is 1.62 bits per heavy atom. The number of hydrogen-bond acceptors (Lipinski definition) is 2. The molecule has 74 valence electrons. The van der Waals surface area contributed by atoms with Crippen LogP contribution in [-0.2, 0) is 0 Å². The van der Waals surface area contributed by atoms with Gasteiger partial charge in [-0.25, -0.2) is 0 Å². The molecule has 0 saturated carbocycles. The molecule has 2 nitrogen and oxygen atoms in total. The van der Waals surface area contributed by atoms with Gasteiger partial charge in [-0.2, -0.15) is 5.26 Å². The van der Waals surface area contributed by atoms with Crippen LogP contribution >= 0.6 is 0 Å². The predicted octanol–water partition coefficient (Wildman–Crippen LogP) is 2.41. The molecule has 1 rings (SSSR count). The zero-order valence-corrected chi connectivity index (χ0v) is 8.79. The van der Waals surface area contributed by atoms with Crippen molar-refractivity contribution in [1.82, 2.24) is 4.90 Å². The maximum Gasteiger partial charge on any atom is 0.0625 e. The second kappa shape index (κ2) is 5.24. The second-order valence-corrected chi connectivity index (χ2v) is 4.12. The largest absolute Gasteiger partial charge is 0.300 e. The summed E-state index contributed by atoms with van der Waals surface area (Å²) < 4.78 is 0. The second-order valence-electron chi connectivity index (χ2n) is 4.12. The molecule has 0 aromatic carbocycles. The summed E-state index contributed by atoms with van der Waals surface area (Å²) in [7, 11) is 0. The number of nitrogens with zero attached hydrogens (tertiary/aromatic N) is 2. The Kier molecular flexibility index (Phi) is 4.24. The van der Waals surface area contributed by atoms with E-state index in [-0.39, 0.29) is 0 Å². The van der Waals surface area contributed by atoms with Gasteiger partial charge in [-0.3, -0.25) is 0 Å². The van der Waals surface area contributed by atoms with Crippen LogP contribution < -0.4 is 0 Å². The van der Waals surface area contributed by atoms with Crippen LogP contribution in [0.5, 0.6) is 0 Å². The molecule has 0 spiro atoms. The summed E-state index contributed by atoms with van der Waals surface area (Å²) >= 11 is 0.